The minimum atomic E-state index is -1.07. The number of rotatable bonds is 8. The van der Waals surface area contributed by atoms with Crippen molar-refractivity contribution in [1.82, 2.24) is 0 Å². The number of aliphatic hydroxyl groups is 2. The third kappa shape index (κ3) is 5.53. The van der Waals surface area contributed by atoms with Gasteiger partial charge in [-0.15, -0.1) is 0 Å². The third-order valence-corrected chi connectivity index (χ3v) is 5.42. The standard InChI is InChI=1S/C21H30O6/c1-13(6-4-8-14(2)20(24)25)7-5-11-21(3,26)18-12-15-17(27-18)10-9-16(22)19(15)23/h7-8,16,18,22,26H,4-6,9-12H2,1-3H3,(H,24,25)/b13-7+,14-8+/t16-,18+,21+/m1/s1. The Bertz CT molecular complexity index is 683. The molecule has 3 N–H and O–H groups in total. The molecule has 2 rings (SSSR count). The number of hydrogen-bond donors (Lipinski definition) is 3. The summed E-state index contributed by atoms with van der Waals surface area (Å²) in [5.74, 6) is -0.538. The maximum absolute atomic E-state index is 12.1. The summed E-state index contributed by atoms with van der Waals surface area (Å²) in [6.45, 7) is 5.29. The molecule has 1 heterocycles. The lowest BCUT2D eigenvalue weighted by Gasteiger charge is -2.30. The second kappa shape index (κ2) is 8.85. The average molecular weight is 378 g/mol. The van der Waals surface area contributed by atoms with Crippen LogP contribution in [-0.4, -0.2) is 44.9 Å². The van der Waals surface area contributed by atoms with Crippen LogP contribution in [0.2, 0.25) is 0 Å². The predicted octanol–water partition coefficient (Wildman–Crippen LogP) is 3.04. The number of Topliss-reactive ketones (excluding diaryl/α,β-unsaturated/α-hetero) is 1. The van der Waals surface area contributed by atoms with E-state index in [1.165, 1.54) is 0 Å². The molecule has 6 nitrogen and oxygen atoms in total. The van der Waals surface area contributed by atoms with Crippen molar-refractivity contribution in [2.24, 2.45) is 0 Å². The number of carbonyl (C=O) groups excluding carboxylic acids is 1. The maximum Gasteiger partial charge on any atom is 0.330 e. The molecule has 0 aromatic carbocycles. The first-order valence-corrected chi connectivity index (χ1v) is 9.51. The Morgan fingerprint density at radius 1 is 1.30 bits per heavy atom. The number of allylic oxidation sites excluding steroid dienone is 4. The molecular formula is C21H30O6. The van der Waals surface area contributed by atoms with Gasteiger partial charge in [0.1, 0.15) is 18.0 Å². The van der Waals surface area contributed by atoms with Gasteiger partial charge in [0.15, 0.2) is 5.78 Å². The highest BCUT2D eigenvalue weighted by molar-refractivity contribution is 6.00. The normalized spacial score (nSPS) is 25.9. The second-order valence-electron chi connectivity index (χ2n) is 7.81. The zero-order valence-electron chi connectivity index (χ0n) is 16.3. The van der Waals surface area contributed by atoms with Gasteiger partial charge in [0.2, 0.25) is 0 Å². The lowest BCUT2D eigenvalue weighted by Crippen LogP contribution is -2.39. The van der Waals surface area contributed by atoms with Crippen molar-refractivity contribution < 1.29 is 29.6 Å². The molecule has 0 fully saturated rings. The molecule has 0 amide bonds. The fraction of sp³-hybridized carbons (Fsp3) is 0.619. The van der Waals surface area contributed by atoms with Gasteiger partial charge in [0.05, 0.1) is 5.60 Å². The molecular weight excluding hydrogens is 348 g/mol. The number of aliphatic carboxylic acids is 1. The van der Waals surface area contributed by atoms with Crippen LogP contribution in [0.15, 0.2) is 34.6 Å². The average Bonchev–Trinajstić information content (AvgIpc) is 3.04. The van der Waals surface area contributed by atoms with E-state index < -0.39 is 23.8 Å². The van der Waals surface area contributed by atoms with E-state index in [1.807, 2.05) is 6.92 Å². The van der Waals surface area contributed by atoms with E-state index in [1.54, 1.807) is 19.9 Å². The summed E-state index contributed by atoms with van der Waals surface area (Å²) < 4.78 is 5.83. The van der Waals surface area contributed by atoms with Crippen LogP contribution in [0.1, 0.15) is 65.7 Å². The van der Waals surface area contributed by atoms with Gasteiger partial charge in [0.25, 0.3) is 0 Å². The van der Waals surface area contributed by atoms with Crippen LogP contribution in [0.4, 0.5) is 0 Å². The van der Waals surface area contributed by atoms with Gasteiger partial charge in [-0.3, -0.25) is 4.79 Å². The van der Waals surface area contributed by atoms with Gasteiger partial charge >= 0.3 is 5.97 Å². The molecule has 0 radical (unpaired) electrons. The molecule has 6 heteroatoms. The largest absolute Gasteiger partial charge is 0.491 e. The predicted molar refractivity (Wildman–Crippen MR) is 101 cm³/mol. The molecule has 0 saturated carbocycles. The number of hydrogen-bond acceptors (Lipinski definition) is 5. The highest BCUT2D eigenvalue weighted by atomic mass is 16.5. The molecule has 1 aliphatic heterocycles. The second-order valence-corrected chi connectivity index (χ2v) is 7.81. The Hall–Kier alpha value is -1.92. The van der Waals surface area contributed by atoms with Gasteiger partial charge in [-0.25, -0.2) is 4.79 Å². The Labute approximate surface area is 160 Å². The lowest BCUT2D eigenvalue weighted by atomic mass is 9.86. The summed E-state index contributed by atoms with van der Waals surface area (Å²) in [5.41, 5.74) is 0.953. The van der Waals surface area contributed by atoms with E-state index >= 15 is 0 Å². The summed E-state index contributed by atoms with van der Waals surface area (Å²) >= 11 is 0. The monoisotopic (exact) mass is 378 g/mol. The molecule has 0 bridgehead atoms. The van der Waals surface area contributed by atoms with Crippen LogP contribution in [0.5, 0.6) is 0 Å². The summed E-state index contributed by atoms with van der Waals surface area (Å²) in [6, 6.07) is 0. The van der Waals surface area contributed by atoms with Gasteiger partial charge in [-0.2, -0.15) is 0 Å². The summed E-state index contributed by atoms with van der Waals surface area (Å²) in [7, 11) is 0. The first kappa shape index (κ1) is 21.4. The van der Waals surface area contributed by atoms with Crippen LogP contribution in [0, 0.1) is 0 Å². The van der Waals surface area contributed by atoms with Gasteiger partial charge in [-0.1, -0.05) is 17.7 Å². The van der Waals surface area contributed by atoms with Crippen molar-refractivity contribution >= 4 is 11.8 Å². The van der Waals surface area contributed by atoms with Crippen LogP contribution in [0.25, 0.3) is 0 Å². The Balaban J connectivity index is 1.82. The SMILES string of the molecule is C/C(=C\CC[C@](C)(O)[C@@H]1CC2=C(CC[C@@H](O)C2=O)O1)CC/C=C(\C)C(=O)O. The number of carbonyl (C=O) groups is 2. The highest BCUT2D eigenvalue weighted by Crippen LogP contribution is 2.39. The minimum absolute atomic E-state index is 0.269. The summed E-state index contributed by atoms with van der Waals surface area (Å²) in [4.78, 5) is 22.8. The van der Waals surface area contributed by atoms with Crippen molar-refractivity contribution in [3.05, 3.63) is 34.6 Å². The van der Waals surface area contributed by atoms with E-state index in [0.29, 0.717) is 55.4 Å². The fourth-order valence-corrected chi connectivity index (χ4v) is 3.46. The van der Waals surface area contributed by atoms with E-state index in [2.05, 4.69) is 6.08 Å². The summed E-state index contributed by atoms with van der Waals surface area (Å²) in [6.07, 6.45) is 6.23. The number of ether oxygens (including phenoxy) is 1. The lowest BCUT2D eigenvalue weighted by molar-refractivity contribution is -0.132. The quantitative estimate of drug-likeness (QED) is 0.443. The van der Waals surface area contributed by atoms with E-state index in [4.69, 9.17) is 9.84 Å². The first-order chi connectivity index (χ1) is 12.6. The van der Waals surface area contributed by atoms with Crippen molar-refractivity contribution in [1.29, 1.82) is 0 Å². The zero-order valence-corrected chi connectivity index (χ0v) is 16.3. The number of aliphatic hydroxyl groups excluding tert-OH is 1. The van der Waals surface area contributed by atoms with Crippen molar-refractivity contribution in [3.8, 4) is 0 Å². The van der Waals surface area contributed by atoms with Crippen LogP contribution >= 0.6 is 0 Å². The Morgan fingerprint density at radius 3 is 2.67 bits per heavy atom. The molecule has 1 aliphatic carbocycles. The maximum atomic E-state index is 12.1. The molecule has 3 atom stereocenters. The molecule has 2 aliphatic rings. The molecule has 0 aromatic rings. The number of ketones is 1. The first-order valence-electron chi connectivity index (χ1n) is 9.51. The minimum Gasteiger partial charge on any atom is -0.491 e. The number of carboxylic acids is 1. The molecule has 150 valence electrons. The van der Waals surface area contributed by atoms with Crippen LogP contribution < -0.4 is 0 Å². The smallest absolute Gasteiger partial charge is 0.330 e. The third-order valence-electron chi connectivity index (χ3n) is 5.42. The molecule has 27 heavy (non-hydrogen) atoms. The van der Waals surface area contributed by atoms with Crippen molar-refractivity contribution in [2.45, 2.75) is 83.5 Å². The summed E-state index contributed by atoms with van der Waals surface area (Å²) in [5, 5.41) is 29.3. The van der Waals surface area contributed by atoms with E-state index in [-0.39, 0.29) is 5.78 Å². The fourth-order valence-electron chi connectivity index (χ4n) is 3.46. The van der Waals surface area contributed by atoms with Gasteiger partial charge < -0.3 is 20.1 Å². The van der Waals surface area contributed by atoms with Crippen LogP contribution in [0.3, 0.4) is 0 Å². The zero-order chi connectivity index (χ0) is 20.2. The number of carboxylic acid groups (broad SMARTS) is 1. The van der Waals surface area contributed by atoms with Gasteiger partial charge in [-0.05, 0) is 52.9 Å². The Morgan fingerprint density at radius 2 is 2.00 bits per heavy atom. The molecule has 0 spiro atoms. The van der Waals surface area contributed by atoms with E-state index in [9.17, 15) is 19.8 Å². The van der Waals surface area contributed by atoms with Crippen LogP contribution in [-0.2, 0) is 14.3 Å². The highest BCUT2D eigenvalue weighted by Gasteiger charge is 2.43. The Kier molecular flexibility index (Phi) is 7.00. The van der Waals surface area contributed by atoms with Gasteiger partial charge in [0, 0.05) is 24.0 Å². The van der Waals surface area contributed by atoms with Crippen molar-refractivity contribution in [3.63, 3.8) is 0 Å². The molecule has 0 saturated heterocycles. The molecule has 0 aromatic heterocycles. The van der Waals surface area contributed by atoms with E-state index in [0.717, 1.165) is 12.0 Å². The van der Waals surface area contributed by atoms with Crippen molar-refractivity contribution in [2.75, 3.05) is 0 Å². The topological polar surface area (TPSA) is 104 Å². The molecule has 0 unspecified atom stereocenters.